The third-order valence-electron chi connectivity index (χ3n) is 6.71. The van der Waals surface area contributed by atoms with Crippen molar-refractivity contribution < 1.29 is 23.8 Å². The summed E-state index contributed by atoms with van der Waals surface area (Å²) in [6.07, 6.45) is 3.50. The van der Waals surface area contributed by atoms with E-state index in [1.807, 2.05) is 42.5 Å². The molecule has 5 rings (SSSR count). The lowest BCUT2D eigenvalue weighted by Crippen LogP contribution is -2.41. The van der Waals surface area contributed by atoms with Crippen molar-refractivity contribution in [2.24, 2.45) is 0 Å². The van der Waals surface area contributed by atoms with E-state index in [1.165, 1.54) is 6.39 Å². The van der Waals surface area contributed by atoms with Crippen molar-refractivity contribution in [3.8, 4) is 11.3 Å². The number of hydrogen-bond donors (Lipinski definition) is 1. The molecule has 3 aromatic rings. The Kier molecular flexibility index (Phi) is 6.92. The fraction of sp³-hybridized carbons (Fsp3) is 0.370. The number of oxazole rings is 1. The van der Waals surface area contributed by atoms with Gasteiger partial charge in [-0.25, -0.2) is 4.98 Å². The van der Waals surface area contributed by atoms with Gasteiger partial charge in [-0.05, 0) is 30.2 Å². The zero-order valence-electron chi connectivity index (χ0n) is 19.5. The minimum Gasteiger partial charge on any atom is -0.444 e. The van der Waals surface area contributed by atoms with Crippen LogP contribution in [0.1, 0.15) is 28.8 Å². The molecular weight excluding hydrogens is 446 g/mol. The molecule has 2 aromatic carbocycles. The van der Waals surface area contributed by atoms with Gasteiger partial charge >= 0.3 is 0 Å². The molecule has 182 valence electrons. The fourth-order valence-corrected chi connectivity index (χ4v) is 4.79. The molecule has 8 nitrogen and oxygen atoms in total. The highest BCUT2D eigenvalue weighted by molar-refractivity contribution is 5.99. The summed E-state index contributed by atoms with van der Waals surface area (Å²) in [6.45, 7) is 3.05. The molecule has 2 atom stereocenters. The third kappa shape index (κ3) is 5.28. The number of anilines is 1. The zero-order chi connectivity index (χ0) is 24.2. The molecule has 0 bridgehead atoms. The number of carbonyl (C=O) groups excluding carboxylic acids is 2. The van der Waals surface area contributed by atoms with E-state index in [0.717, 1.165) is 29.9 Å². The van der Waals surface area contributed by atoms with E-state index in [9.17, 15) is 14.7 Å². The normalized spacial score (nSPS) is 20.3. The van der Waals surface area contributed by atoms with Crippen LogP contribution in [0.3, 0.4) is 0 Å². The first kappa shape index (κ1) is 23.3. The van der Waals surface area contributed by atoms with Crippen molar-refractivity contribution in [3.05, 3.63) is 72.2 Å². The molecule has 2 fully saturated rings. The summed E-state index contributed by atoms with van der Waals surface area (Å²) in [4.78, 5) is 34.2. The molecule has 35 heavy (non-hydrogen) atoms. The second kappa shape index (κ2) is 10.4. The van der Waals surface area contributed by atoms with Crippen molar-refractivity contribution >= 4 is 17.4 Å². The summed E-state index contributed by atoms with van der Waals surface area (Å²) in [5.74, 6) is 0.448. The van der Waals surface area contributed by atoms with E-state index in [2.05, 4.69) is 9.88 Å². The van der Waals surface area contributed by atoms with Crippen LogP contribution in [0.15, 0.2) is 65.5 Å². The van der Waals surface area contributed by atoms with E-state index in [1.54, 1.807) is 17.2 Å². The van der Waals surface area contributed by atoms with Crippen molar-refractivity contribution in [3.63, 3.8) is 0 Å². The topological polar surface area (TPSA) is 96.1 Å². The number of ketones is 1. The second-order valence-electron chi connectivity index (χ2n) is 9.04. The minimum atomic E-state index is -0.698. The molecule has 2 aliphatic heterocycles. The van der Waals surface area contributed by atoms with Crippen LogP contribution < -0.4 is 4.90 Å². The number of hydrogen-bond acceptors (Lipinski definition) is 7. The van der Waals surface area contributed by atoms with Crippen LogP contribution in [0.4, 0.5) is 5.69 Å². The number of rotatable bonds is 7. The summed E-state index contributed by atoms with van der Waals surface area (Å²) in [5.41, 5.74) is 3.45. The van der Waals surface area contributed by atoms with Gasteiger partial charge in [0.15, 0.2) is 17.9 Å². The molecule has 0 radical (unpaired) electrons. The summed E-state index contributed by atoms with van der Waals surface area (Å²) in [5, 5.41) is 10.3. The number of morpholine rings is 1. The largest absolute Gasteiger partial charge is 0.444 e. The van der Waals surface area contributed by atoms with Gasteiger partial charge in [0.25, 0.3) is 5.91 Å². The number of Topliss-reactive ketones (excluding diaryl/α,β-unsaturated/α-hetero) is 1. The Bertz CT molecular complexity index is 1160. The average Bonchev–Trinajstić information content (AvgIpc) is 3.58. The number of amides is 1. The number of nitrogens with zero attached hydrogens (tertiary/aromatic N) is 3. The SMILES string of the molecule is O=C(CCc1ccc(-c2cnco2)cc1)[C@@H]1C[C@@H](O)CN1C(=O)c1cccc(N2CCOCC2)c1. The van der Waals surface area contributed by atoms with Crippen molar-refractivity contribution in [2.45, 2.75) is 31.4 Å². The Morgan fingerprint density at radius 2 is 1.89 bits per heavy atom. The molecule has 0 aliphatic carbocycles. The van der Waals surface area contributed by atoms with Gasteiger partial charge < -0.3 is 24.1 Å². The van der Waals surface area contributed by atoms with Gasteiger partial charge in [-0.2, -0.15) is 0 Å². The number of likely N-dealkylation sites (tertiary alicyclic amines) is 1. The predicted molar refractivity (Wildman–Crippen MR) is 130 cm³/mol. The van der Waals surface area contributed by atoms with Crippen molar-refractivity contribution in [1.82, 2.24) is 9.88 Å². The van der Waals surface area contributed by atoms with Crippen LogP contribution in [0, 0.1) is 0 Å². The molecular formula is C27H29N3O5. The van der Waals surface area contributed by atoms with E-state index in [-0.39, 0.29) is 24.7 Å². The van der Waals surface area contributed by atoms with Gasteiger partial charge in [-0.15, -0.1) is 0 Å². The lowest BCUT2D eigenvalue weighted by molar-refractivity contribution is -0.122. The van der Waals surface area contributed by atoms with Crippen LogP contribution in [0.25, 0.3) is 11.3 Å². The Labute approximate surface area is 204 Å². The van der Waals surface area contributed by atoms with E-state index in [0.29, 0.717) is 37.4 Å². The molecule has 1 aromatic heterocycles. The maximum absolute atomic E-state index is 13.4. The number of aliphatic hydroxyl groups is 1. The molecule has 1 N–H and O–H groups in total. The lowest BCUT2D eigenvalue weighted by Gasteiger charge is -2.29. The van der Waals surface area contributed by atoms with Crippen LogP contribution >= 0.6 is 0 Å². The average molecular weight is 476 g/mol. The predicted octanol–water partition coefficient (Wildman–Crippen LogP) is 2.96. The van der Waals surface area contributed by atoms with Gasteiger partial charge in [0, 0.05) is 49.3 Å². The van der Waals surface area contributed by atoms with Gasteiger partial charge in [-0.1, -0.05) is 30.3 Å². The van der Waals surface area contributed by atoms with E-state index in [4.69, 9.17) is 9.15 Å². The maximum atomic E-state index is 13.4. The lowest BCUT2D eigenvalue weighted by atomic mass is 10.00. The highest BCUT2D eigenvalue weighted by Gasteiger charge is 2.38. The first-order valence-corrected chi connectivity index (χ1v) is 12.0. The first-order chi connectivity index (χ1) is 17.1. The molecule has 2 aliphatic rings. The van der Waals surface area contributed by atoms with Gasteiger partial charge in [0.2, 0.25) is 0 Å². The maximum Gasteiger partial charge on any atom is 0.254 e. The van der Waals surface area contributed by atoms with Gasteiger partial charge in [-0.3, -0.25) is 9.59 Å². The molecule has 0 saturated carbocycles. The van der Waals surface area contributed by atoms with Crippen LogP contribution in [-0.4, -0.2) is 71.7 Å². The fourth-order valence-electron chi connectivity index (χ4n) is 4.79. The number of aromatic nitrogens is 1. The molecule has 0 spiro atoms. The third-order valence-corrected chi connectivity index (χ3v) is 6.71. The molecule has 8 heteroatoms. The Balaban J connectivity index is 1.24. The summed E-state index contributed by atoms with van der Waals surface area (Å²) in [6, 6.07) is 14.7. The summed E-state index contributed by atoms with van der Waals surface area (Å²) in [7, 11) is 0. The standard InChI is InChI=1S/C27H29N3O5/c31-23-15-24(25(32)9-6-19-4-7-20(8-5-19)26-16-28-18-35-26)30(17-23)27(33)21-2-1-3-22(14-21)29-10-12-34-13-11-29/h1-5,7-8,14,16,18,23-24,31H,6,9-13,15,17H2/t23-,24+/m1/s1. The smallest absolute Gasteiger partial charge is 0.254 e. The van der Waals surface area contributed by atoms with Crippen molar-refractivity contribution in [1.29, 1.82) is 0 Å². The van der Waals surface area contributed by atoms with Crippen molar-refractivity contribution in [2.75, 3.05) is 37.7 Å². The number of aliphatic hydroxyl groups excluding tert-OH is 1. The number of carbonyl (C=O) groups is 2. The van der Waals surface area contributed by atoms with Gasteiger partial charge in [0.1, 0.15) is 0 Å². The minimum absolute atomic E-state index is 0.0291. The Hall–Kier alpha value is -3.49. The molecule has 2 saturated heterocycles. The molecule has 3 heterocycles. The number of benzene rings is 2. The highest BCUT2D eigenvalue weighted by atomic mass is 16.5. The number of ether oxygens (including phenoxy) is 1. The summed E-state index contributed by atoms with van der Waals surface area (Å²) < 4.78 is 10.7. The van der Waals surface area contributed by atoms with E-state index < -0.39 is 12.1 Å². The first-order valence-electron chi connectivity index (χ1n) is 12.0. The molecule has 0 unspecified atom stereocenters. The zero-order valence-corrected chi connectivity index (χ0v) is 19.5. The summed E-state index contributed by atoms with van der Waals surface area (Å²) >= 11 is 0. The van der Waals surface area contributed by atoms with Crippen LogP contribution in [0.2, 0.25) is 0 Å². The number of β-amino-alcohol motifs (C(OH)–C–C–N with tert-alkyl or cyclic N) is 1. The van der Waals surface area contributed by atoms with Crippen LogP contribution in [0.5, 0.6) is 0 Å². The number of aryl methyl sites for hydroxylation is 1. The molecule has 1 amide bonds. The quantitative estimate of drug-likeness (QED) is 0.561. The van der Waals surface area contributed by atoms with Crippen LogP contribution in [-0.2, 0) is 16.0 Å². The highest BCUT2D eigenvalue weighted by Crippen LogP contribution is 2.26. The Morgan fingerprint density at radius 3 is 2.63 bits per heavy atom. The van der Waals surface area contributed by atoms with Gasteiger partial charge in [0.05, 0.1) is 31.6 Å². The monoisotopic (exact) mass is 475 g/mol. The van der Waals surface area contributed by atoms with E-state index >= 15 is 0 Å². The second-order valence-corrected chi connectivity index (χ2v) is 9.04. The Morgan fingerprint density at radius 1 is 1.09 bits per heavy atom.